The number of methoxy groups -OCH3 is 1. The van der Waals surface area contributed by atoms with Gasteiger partial charge in [0, 0.05) is 29.9 Å². The first-order valence-electron chi connectivity index (χ1n) is 8.84. The lowest BCUT2D eigenvalue weighted by Gasteiger charge is -2.18. The molecule has 0 saturated carbocycles. The second kappa shape index (κ2) is 7.04. The van der Waals surface area contributed by atoms with E-state index in [2.05, 4.69) is 27.3 Å². The first-order chi connectivity index (χ1) is 12.8. The Labute approximate surface area is 152 Å². The highest BCUT2D eigenvalue weighted by Crippen LogP contribution is 2.28. The number of ether oxygens (including phenoxy) is 1. The van der Waals surface area contributed by atoms with Gasteiger partial charge >= 0.3 is 0 Å². The number of amides is 1. The molecule has 0 bridgehead atoms. The third-order valence-electron chi connectivity index (χ3n) is 4.78. The molecule has 1 fully saturated rings. The number of pyridine rings is 1. The Morgan fingerprint density at radius 3 is 2.54 bits per heavy atom. The van der Waals surface area contributed by atoms with Crippen LogP contribution in [0.1, 0.15) is 23.2 Å². The summed E-state index contributed by atoms with van der Waals surface area (Å²) in [7, 11) is 1.55. The second-order valence-electron chi connectivity index (χ2n) is 6.41. The molecule has 0 aliphatic carbocycles. The maximum atomic E-state index is 12.9. The van der Waals surface area contributed by atoms with Gasteiger partial charge in [0.2, 0.25) is 0 Å². The molecule has 1 aliphatic rings. The molecule has 2 aromatic carbocycles. The third-order valence-corrected chi connectivity index (χ3v) is 4.78. The van der Waals surface area contributed by atoms with Gasteiger partial charge < -0.3 is 15.0 Å². The number of rotatable bonds is 4. The van der Waals surface area contributed by atoms with Crippen LogP contribution in [0.2, 0.25) is 0 Å². The Kier molecular flexibility index (Phi) is 4.44. The lowest BCUT2D eigenvalue weighted by molar-refractivity contribution is 0.102. The summed E-state index contributed by atoms with van der Waals surface area (Å²) in [6, 6.07) is 15.6. The molecule has 5 nitrogen and oxygen atoms in total. The minimum absolute atomic E-state index is 0.200. The quantitative estimate of drug-likeness (QED) is 0.772. The van der Waals surface area contributed by atoms with E-state index in [0.29, 0.717) is 11.3 Å². The molecule has 5 heteroatoms. The highest BCUT2D eigenvalue weighted by atomic mass is 16.5. The summed E-state index contributed by atoms with van der Waals surface area (Å²) in [6.07, 6.45) is 4.08. The SMILES string of the molecule is COc1cnc2ccccc2c1C(=O)Nc1ccc(N2CCCC2)cc1. The summed E-state index contributed by atoms with van der Waals surface area (Å²) >= 11 is 0. The Morgan fingerprint density at radius 2 is 1.81 bits per heavy atom. The van der Waals surface area contributed by atoms with E-state index in [0.717, 1.165) is 29.7 Å². The van der Waals surface area contributed by atoms with Crippen molar-refractivity contribution in [3.8, 4) is 5.75 Å². The zero-order valence-electron chi connectivity index (χ0n) is 14.7. The molecule has 0 radical (unpaired) electrons. The molecule has 3 aromatic rings. The Balaban J connectivity index is 1.61. The van der Waals surface area contributed by atoms with E-state index in [9.17, 15) is 4.79 Å². The minimum Gasteiger partial charge on any atom is -0.494 e. The molecule has 1 amide bonds. The van der Waals surface area contributed by atoms with Gasteiger partial charge in [-0.2, -0.15) is 0 Å². The maximum Gasteiger partial charge on any atom is 0.260 e. The van der Waals surface area contributed by atoms with Gasteiger partial charge in [0.15, 0.2) is 5.75 Å². The standard InChI is InChI=1S/C21H21N3O2/c1-26-19-14-22-18-7-3-2-6-17(18)20(19)21(25)23-15-8-10-16(11-9-15)24-12-4-5-13-24/h2-3,6-11,14H,4-5,12-13H2,1H3,(H,23,25). The van der Waals surface area contributed by atoms with Crippen LogP contribution in [-0.2, 0) is 0 Å². The molecular weight excluding hydrogens is 326 g/mol. The Bertz CT molecular complexity index is 932. The summed E-state index contributed by atoms with van der Waals surface area (Å²) in [5, 5.41) is 3.75. The fourth-order valence-corrected chi connectivity index (χ4v) is 3.44. The van der Waals surface area contributed by atoms with Crippen molar-refractivity contribution in [1.29, 1.82) is 0 Å². The van der Waals surface area contributed by atoms with Crippen molar-refractivity contribution in [3.63, 3.8) is 0 Å². The van der Waals surface area contributed by atoms with Gasteiger partial charge in [-0.25, -0.2) is 0 Å². The average Bonchev–Trinajstić information content (AvgIpc) is 3.22. The number of hydrogen-bond donors (Lipinski definition) is 1. The summed E-state index contributed by atoms with van der Waals surface area (Å²) in [5.74, 6) is 0.268. The van der Waals surface area contributed by atoms with Gasteiger partial charge in [-0.3, -0.25) is 9.78 Å². The maximum absolute atomic E-state index is 12.9. The number of para-hydroxylation sites is 1. The van der Waals surface area contributed by atoms with E-state index < -0.39 is 0 Å². The predicted octanol–water partition coefficient (Wildman–Crippen LogP) is 4.10. The highest BCUT2D eigenvalue weighted by molar-refractivity contribution is 6.14. The molecule has 2 heterocycles. The normalized spacial score (nSPS) is 13.8. The number of fused-ring (bicyclic) bond motifs is 1. The van der Waals surface area contributed by atoms with Crippen LogP contribution in [0.4, 0.5) is 11.4 Å². The molecule has 1 aliphatic heterocycles. The van der Waals surface area contributed by atoms with Crippen molar-refractivity contribution >= 4 is 28.2 Å². The number of hydrogen-bond acceptors (Lipinski definition) is 4. The molecule has 0 spiro atoms. The molecule has 26 heavy (non-hydrogen) atoms. The molecule has 1 aromatic heterocycles. The molecule has 0 atom stereocenters. The molecule has 1 saturated heterocycles. The van der Waals surface area contributed by atoms with Crippen molar-refractivity contribution in [2.45, 2.75) is 12.8 Å². The fraction of sp³-hybridized carbons (Fsp3) is 0.238. The summed E-state index contributed by atoms with van der Waals surface area (Å²) < 4.78 is 5.37. The number of nitrogens with zero attached hydrogens (tertiary/aromatic N) is 2. The Morgan fingerprint density at radius 1 is 1.08 bits per heavy atom. The van der Waals surface area contributed by atoms with Crippen molar-refractivity contribution in [2.75, 3.05) is 30.4 Å². The number of anilines is 2. The molecular formula is C21H21N3O2. The van der Waals surface area contributed by atoms with Crippen LogP contribution < -0.4 is 15.0 Å². The molecule has 4 rings (SSSR count). The zero-order chi connectivity index (χ0) is 17.9. The number of benzene rings is 2. The predicted molar refractivity (Wildman–Crippen MR) is 104 cm³/mol. The minimum atomic E-state index is -0.200. The topological polar surface area (TPSA) is 54.5 Å². The van der Waals surface area contributed by atoms with E-state index in [1.54, 1.807) is 13.3 Å². The smallest absolute Gasteiger partial charge is 0.260 e. The summed E-state index contributed by atoms with van der Waals surface area (Å²) in [5.41, 5.74) is 3.23. The second-order valence-corrected chi connectivity index (χ2v) is 6.41. The van der Waals surface area contributed by atoms with Gasteiger partial charge in [-0.1, -0.05) is 18.2 Å². The number of carbonyl (C=O) groups excluding carboxylic acids is 1. The van der Waals surface area contributed by atoms with Crippen LogP contribution in [-0.4, -0.2) is 31.1 Å². The average molecular weight is 347 g/mol. The van der Waals surface area contributed by atoms with Gasteiger partial charge in [-0.05, 0) is 43.2 Å². The molecule has 0 unspecified atom stereocenters. The third kappa shape index (κ3) is 3.08. The van der Waals surface area contributed by atoms with Gasteiger partial charge in [0.1, 0.15) is 0 Å². The van der Waals surface area contributed by atoms with Crippen LogP contribution >= 0.6 is 0 Å². The fourth-order valence-electron chi connectivity index (χ4n) is 3.44. The van der Waals surface area contributed by atoms with Crippen LogP contribution in [0, 0.1) is 0 Å². The van der Waals surface area contributed by atoms with Crippen molar-refractivity contribution in [1.82, 2.24) is 4.98 Å². The van der Waals surface area contributed by atoms with Crippen molar-refractivity contribution < 1.29 is 9.53 Å². The van der Waals surface area contributed by atoms with E-state index >= 15 is 0 Å². The number of aromatic nitrogens is 1. The first-order valence-corrected chi connectivity index (χ1v) is 8.84. The zero-order valence-corrected chi connectivity index (χ0v) is 14.7. The van der Waals surface area contributed by atoms with Crippen LogP contribution in [0.3, 0.4) is 0 Å². The largest absolute Gasteiger partial charge is 0.494 e. The van der Waals surface area contributed by atoms with Crippen molar-refractivity contribution in [3.05, 3.63) is 60.3 Å². The van der Waals surface area contributed by atoms with E-state index in [1.807, 2.05) is 36.4 Å². The van der Waals surface area contributed by atoms with E-state index in [1.165, 1.54) is 18.5 Å². The van der Waals surface area contributed by atoms with Crippen LogP contribution in [0.25, 0.3) is 10.9 Å². The molecule has 1 N–H and O–H groups in total. The van der Waals surface area contributed by atoms with Crippen molar-refractivity contribution in [2.24, 2.45) is 0 Å². The van der Waals surface area contributed by atoms with Gasteiger partial charge in [0.25, 0.3) is 5.91 Å². The van der Waals surface area contributed by atoms with Crippen LogP contribution in [0.15, 0.2) is 54.7 Å². The lowest BCUT2D eigenvalue weighted by Crippen LogP contribution is -2.17. The van der Waals surface area contributed by atoms with Gasteiger partial charge in [-0.15, -0.1) is 0 Å². The summed E-state index contributed by atoms with van der Waals surface area (Å²) in [6.45, 7) is 2.21. The van der Waals surface area contributed by atoms with E-state index in [4.69, 9.17) is 4.74 Å². The summed E-state index contributed by atoms with van der Waals surface area (Å²) in [4.78, 5) is 19.6. The number of nitrogens with one attached hydrogen (secondary N) is 1. The number of carbonyl (C=O) groups is 1. The van der Waals surface area contributed by atoms with Gasteiger partial charge in [0.05, 0.1) is 24.4 Å². The highest BCUT2D eigenvalue weighted by Gasteiger charge is 2.18. The van der Waals surface area contributed by atoms with E-state index in [-0.39, 0.29) is 5.91 Å². The van der Waals surface area contributed by atoms with Crippen LogP contribution in [0.5, 0.6) is 5.75 Å². The molecule has 132 valence electrons. The monoisotopic (exact) mass is 347 g/mol. The lowest BCUT2D eigenvalue weighted by atomic mass is 10.1. The first kappa shape index (κ1) is 16.4. The Hall–Kier alpha value is -3.08.